The highest BCUT2D eigenvalue weighted by Crippen LogP contribution is 2.41. The first-order valence-electron chi connectivity index (χ1n) is 12.6. The predicted molar refractivity (Wildman–Crippen MR) is 134 cm³/mol. The number of rotatable bonds is 12. The molecular weight excluding hydrogens is 469 g/mol. The van der Waals surface area contributed by atoms with Gasteiger partial charge in [0.2, 0.25) is 0 Å². The minimum absolute atomic E-state index is 0.00502. The quantitative estimate of drug-likeness (QED) is 0.189. The molecule has 5 nitrogen and oxygen atoms in total. The van der Waals surface area contributed by atoms with E-state index >= 15 is 0 Å². The number of oxime groups is 1. The molecule has 0 radical (unpaired) electrons. The predicted octanol–water partition coefficient (Wildman–Crippen LogP) is 6.84. The summed E-state index contributed by atoms with van der Waals surface area (Å²) in [6.45, 7) is 2.87. The Balaban J connectivity index is 1.48. The van der Waals surface area contributed by atoms with E-state index in [-0.39, 0.29) is 18.9 Å². The number of alkyl halides is 3. The number of carboxylic acids is 1. The van der Waals surface area contributed by atoms with Gasteiger partial charge in [0.15, 0.2) is 0 Å². The fourth-order valence-corrected chi connectivity index (χ4v) is 4.55. The number of carbonyl (C=O) groups is 1. The lowest BCUT2D eigenvalue weighted by Crippen LogP contribution is -2.17. The van der Waals surface area contributed by atoms with Crippen LogP contribution in [0, 0.1) is 0 Å². The molecule has 3 rings (SSSR count). The summed E-state index contributed by atoms with van der Waals surface area (Å²) in [5, 5.41) is 15.8. The molecule has 0 amide bonds. The van der Waals surface area contributed by atoms with Gasteiger partial charge in [0, 0.05) is 13.1 Å². The van der Waals surface area contributed by atoms with Crippen molar-refractivity contribution in [2.45, 2.75) is 83.5 Å². The Morgan fingerprint density at radius 1 is 1.03 bits per heavy atom. The first-order valence-corrected chi connectivity index (χ1v) is 12.6. The average Bonchev–Trinajstić information content (AvgIpc) is 2.86. The highest BCUT2D eigenvalue weighted by molar-refractivity contribution is 5.81. The SMILES string of the molecule is CC(CCc1ccc(CNCCC(=O)O)cc1)=NOCc1ccc(C2CCCCC2)c(C(F)(F)F)c1. The molecule has 1 fully saturated rings. The Kier molecular flexibility index (Phi) is 10.3. The molecule has 2 aromatic carbocycles. The second kappa shape index (κ2) is 13.4. The van der Waals surface area contributed by atoms with Crippen LogP contribution in [0.2, 0.25) is 0 Å². The number of halogens is 3. The Morgan fingerprint density at radius 2 is 1.69 bits per heavy atom. The van der Waals surface area contributed by atoms with Crippen molar-refractivity contribution in [1.82, 2.24) is 5.32 Å². The third-order valence-electron chi connectivity index (χ3n) is 6.56. The third kappa shape index (κ3) is 8.97. The van der Waals surface area contributed by atoms with Gasteiger partial charge in [-0.05, 0) is 66.8 Å². The largest absolute Gasteiger partial charge is 0.481 e. The molecule has 0 spiro atoms. The standard InChI is InChI=1S/C28H35F3N2O3/c1-20(7-8-21-9-11-22(12-10-21)18-32-16-15-27(34)35)33-36-19-23-13-14-25(24-5-3-2-4-6-24)26(17-23)28(29,30)31/h9-14,17,24,32H,2-8,15-16,18-19H2,1H3,(H,34,35). The van der Waals surface area contributed by atoms with Crippen LogP contribution in [0.3, 0.4) is 0 Å². The van der Waals surface area contributed by atoms with Crippen molar-refractivity contribution in [2.75, 3.05) is 6.54 Å². The fraction of sp³-hybridized carbons (Fsp3) is 0.500. The van der Waals surface area contributed by atoms with E-state index in [1.54, 1.807) is 12.1 Å². The lowest BCUT2D eigenvalue weighted by molar-refractivity contribution is -0.139. The van der Waals surface area contributed by atoms with Crippen molar-refractivity contribution in [3.8, 4) is 0 Å². The number of nitrogens with zero attached hydrogens (tertiary/aromatic N) is 1. The van der Waals surface area contributed by atoms with Gasteiger partial charge in [0.05, 0.1) is 17.7 Å². The van der Waals surface area contributed by atoms with Gasteiger partial charge in [0.1, 0.15) is 6.61 Å². The fourth-order valence-electron chi connectivity index (χ4n) is 4.55. The Hall–Kier alpha value is -2.87. The minimum atomic E-state index is -4.38. The zero-order chi connectivity index (χ0) is 26.0. The van der Waals surface area contributed by atoms with Gasteiger partial charge in [-0.2, -0.15) is 13.2 Å². The van der Waals surface area contributed by atoms with Gasteiger partial charge in [-0.15, -0.1) is 0 Å². The molecule has 0 saturated heterocycles. The van der Waals surface area contributed by atoms with Crippen LogP contribution in [-0.4, -0.2) is 23.3 Å². The van der Waals surface area contributed by atoms with Crippen LogP contribution in [-0.2, 0) is 35.4 Å². The van der Waals surface area contributed by atoms with Crippen LogP contribution < -0.4 is 5.32 Å². The van der Waals surface area contributed by atoms with Crippen molar-refractivity contribution >= 4 is 11.7 Å². The Labute approximate surface area is 210 Å². The summed E-state index contributed by atoms with van der Waals surface area (Å²) >= 11 is 0. The lowest BCUT2D eigenvalue weighted by atomic mass is 9.81. The van der Waals surface area contributed by atoms with Gasteiger partial charge >= 0.3 is 12.1 Å². The molecule has 1 saturated carbocycles. The molecule has 196 valence electrons. The van der Waals surface area contributed by atoms with Gasteiger partial charge in [-0.25, -0.2) is 0 Å². The number of benzene rings is 2. The number of carboxylic acid groups (broad SMARTS) is 1. The summed E-state index contributed by atoms with van der Waals surface area (Å²) < 4.78 is 41.2. The maximum atomic E-state index is 13.7. The van der Waals surface area contributed by atoms with Crippen molar-refractivity contribution in [3.05, 3.63) is 70.3 Å². The molecule has 0 aromatic heterocycles. The molecule has 0 atom stereocenters. The molecule has 0 heterocycles. The number of aliphatic carboxylic acids is 1. The van der Waals surface area contributed by atoms with Crippen LogP contribution in [0.15, 0.2) is 47.6 Å². The molecule has 8 heteroatoms. The summed E-state index contributed by atoms with van der Waals surface area (Å²) in [7, 11) is 0. The van der Waals surface area contributed by atoms with Crippen LogP contribution >= 0.6 is 0 Å². The number of aryl methyl sites for hydroxylation is 1. The summed E-state index contributed by atoms with van der Waals surface area (Å²) in [4.78, 5) is 15.9. The second-order valence-electron chi connectivity index (χ2n) is 9.49. The number of hydrogen-bond donors (Lipinski definition) is 2. The van der Waals surface area contributed by atoms with E-state index in [4.69, 9.17) is 9.94 Å². The first-order chi connectivity index (χ1) is 17.2. The zero-order valence-electron chi connectivity index (χ0n) is 20.7. The third-order valence-corrected chi connectivity index (χ3v) is 6.56. The second-order valence-corrected chi connectivity index (χ2v) is 9.49. The highest BCUT2D eigenvalue weighted by Gasteiger charge is 2.35. The summed E-state index contributed by atoms with van der Waals surface area (Å²) in [6, 6.07) is 12.6. The molecule has 2 aromatic rings. The van der Waals surface area contributed by atoms with E-state index in [1.165, 1.54) is 6.07 Å². The maximum Gasteiger partial charge on any atom is 0.416 e. The first kappa shape index (κ1) is 27.7. The van der Waals surface area contributed by atoms with E-state index in [9.17, 15) is 18.0 Å². The van der Waals surface area contributed by atoms with E-state index in [1.807, 2.05) is 31.2 Å². The van der Waals surface area contributed by atoms with E-state index < -0.39 is 17.7 Å². The molecule has 0 aliphatic heterocycles. The molecule has 36 heavy (non-hydrogen) atoms. The van der Waals surface area contributed by atoms with Crippen molar-refractivity contribution in [2.24, 2.45) is 5.16 Å². The zero-order valence-corrected chi connectivity index (χ0v) is 20.7. The molecule has 2 N–H and O–H groups in total. The molecule has 1 aliphatic carbocycles. The normalized spacial score (nSPS) is 15.2. The number of nitrogens with one attached hydrogen (secondary N) is 1. The molecule has 0 bridgehead atoms. The van der Waals surface area contributed by atoms with Gasteiger partial charge in [0.25, 0.3) is 0 Å². The van der Waals surface area contributed by atoms with Crippen molar-refractivity contribution in [1.29, 1.82) is 0 Å². The summed E-state index contributed by atoms with van der Waals surface area (Å²) in [5.74, 6) is -0.842. The number of hydrogen-bond acceptors (Lipinski definition) is 4. The van der Waals surface area contributed by atoms with Crippen LogP contribution in [0.1, 0.15) is 85.6 Å². The van der Waals surface area contributed by atoms with Gasteiger partial charge in [-0.1, -0.05) is 60.8 Å². The van der Waals surface area contributed by atoms with Crippen LogP contribution in [0.25, 0.3) is 0 Å². The molecular formula is C28H35F3N2O3. The maximum absolute atomic E-state index is 13.7. The topological polar surface area (TPSA) is 70.9 Å². The molecule has 1 aliphatic rings. The van der Waals surface area contributed by atoms with E-state index in [0.717, 1.165) is 55.4 Å². The smallest absolute Gasteiger partial charge is 0.416 e. The van der Waals surface area contributed by atoms with E-state index in [0.29, 0.717) is 30.6 Å². The van der Waals surface area contributed by atoms with Gasteiger partial charge < -0.3 is 15.3 Å². The Morgan fingerprint density at radius 3 is 2.36 bits per heavy atom. The average molecular weight is 505 g/mol. The highest BCUT2D eigenvalue weighted by atomic mass is 19.4. The van der Waals surface area contributed by atoms with E-state index in [2.05, 4.69) is 10.5 Å². The van der Waals surface area contributed by atoms with Crippen LogP contribution in [0.4, 0.5) is 13.2 Å². The Bertz CT molecular complexity index is 1010. The monoisotopic (exact) mass is 504 g/mol. The summed E-state index contributed by atoms with van der Waals surface area (Å²) in [6.07, 6.45) is 1.84. The van der Waals surface area contributed by atoms with Crippen molar-refractivity contribution in [3.63, 3.8) is 0 Å². The summed E-state index contributed by atoms with van der Waals surface area (Å²) in [5.41, 5.74) is 3.30. The van der Waals surface area contributed by atoms with Crippen molar-refractivity contribution < 1.29 is 27.9 Å². The van der Waals surface area contributed by atoms with Crippen LogP contribution in [0.5, 0.6) is 0 Å². The van der Waals surface area contributed by atoms with Gasteiger partial charge in [-0.3, -0.25) is 4.79 Å². The lowest BCUT2D eigenvalue weighted by Gasteiger charge is -2.25. The molecule has 0 unspecified atom stereocenters. The minimum Gasteiger partial charge on any atom is -0.481 e.